The Morgan fingerprint density at radius 3 is 2.59 bits per heavy atom. The number of rotatable bonds is 4. The van der Waals surface area contributed by atoms with Gasteiger partial charge in [0, 0.05) is 42.6 Å². The zero-order chi connectivity index (χ0) is 19.0. The summed E-state index contributed by atoms with van der Waals surface area (Å²) < 4.78 is 5.27. The minimum Gasteiger partial charge on any atom is -0.360 e. The Bertz CT molecular complexity index is 691. The molecule has 2 aliphatic carbocycles. The van der Waals surface area contributed by atoms with E-state index in [0.29, 0.717) is 18.2 Å². The van der Waals surface area contributed by atoms with E-state index in [9.17, 15) is 9.59 Å². The number of aromatic nitrogens is 1. The summed E-state index contributed by atoms with van der Waals surface area (Å²) in [6.07, 6.45) is 7.48. The molecule has 1 unspecified atom stereocenters. The summed E-state index contributed by atoms with van der Waals surface area (Å²) >= 11 is 0. The van der Waals surface area contributed by atoms with Crippen LogP contribution >= 0.6 is 0 Å². The first-order valence-corrected chi connectivity index (χ1v) is 10.3. The molecule has 1 aliphatic heterocycles. The number of nitrogens with two attached hydrogens (primary N) is 1. The molecule has 7 nitrogen and oxygen atoms in total. The predicted octanol–water partition coefficient (Wildman–Crippen LogP) is 2.18. The number of likely N-dealkylation sites (tertiary alicyclic amines) is 1. The first-order valence-electron chi connectivity index (χ1n) is 10.3. The number of nitrogens with one attached hydrogen (secondary N) is 1. The van der Waals surface area contributed by atoms with Gasteiger partial charge in [-0.05, 0) is 58.3 Å². The minimum atomic E-state index is -0.177. The van der Waals surface area contributed by atoms with Crippen molar-refractivity contribution in [2.75, 3.05) is 6.54 Å². The van der Waals surface area contributed by atoms with E-state index in [-0.39, 0.29) is 35.9 Å². The van der Waals surface area contributed by atoms with Gasteiger partial charge >= 0.3 is 0 Å². The lowest BCUT2D eigenvalue weighted by Gasteiger charge is -2.40. The molecule has 1 aromatic rings. The van der Waals surface area contributed by atoms with Crippen molar-refractivity contribution in [2.45, 2.75) is 82.3 Å². The van der Waals surface area contributed by atoms with E-state index in [1.807, 2.05) is 4.90 Å². The van der Waals surface area contributed by atoms with E-state index in [0.717, 1.165) is 57.1 Å². The molecule has 0 radical (unpaired) electrons. The van der Waals surface area contributed by atoms with Crippen molar-refractivity contribution >= 4 is 11.8 Å². The number of hydrogen-bond donors (Lipinski definition) is 2. The topological polar surface area (TPSA) is 101 Å². The van der Waals surface area contributed by atoms with Gasteiger partial charge in [0.15, 0.2) is 5.69 Å². The number of carbonyl (C=O) groups excluding carboxylic acids is 2. The predicted molar refractivity (Wildman–Crippen MR) is 100 cm³/mol. The lowest BCUT2D eigenvalue weighted by Crippen LogP contribution is -2.52. The highest BCUT2D eigenvalue weighted by Crippen LogP contribution is 2.40. The van der Waals surface area contributed by atoms with Crippen LogP contribution in [0.4, 0.5) is 0 Å². The molecule has 2 heterocycles. The molecule has 4 rings (SSSR count). The van der Waals surface area contributed by atoms with E-state index in [4.69, 9.17) is 10.3 Å². The molecule has 7 heteroatoms. The first kappa shape index (κ1) is 18.5. The molecule has 0 spiro atoms. The van der Waals surface area contributed by atoms with Crippen LogP contribution in [0, 0.1) is 5.92 Å². The maximum atomic E-state index is 12.9. The maximum Gasteiger partial charge on any atom is 0.273 e. The fourth-order valence-electron chi connectivity index (χ4n) is 4.45. The molecule has 148 valence electrons. The SMILES string of the molecule is C[C@@H]1CC(NC(=O)c2cc(C3CC3)on2)CCN1C(=O)C1CCC(N)CC1. The third-order valence-corrected chi connectivity index (χ3v) is 6.36. The lowest BCUT2D eigenvalue weighted by molar-refractivity contribution is -0.140. The molecule has 2 atom stereocenters. The minimum absolute atomic E-state index is 0.0670. The van der Waals surface area contributed by atoms with Crippen molar-refractivity contribution in [3.05, 3.63) is 17.5 Å². The number of nitrogens with zero attached hydrogens (tertiary/aromatic N) is 2. The number of amides is 2. The van der Waals surface area contributed by atoms with Gasteiger partial charge < -0.3 is 20.5 Å². The van der Waals surface area contributed by atoms with Crippen molar-refractivity contribution in [2.24, 2.45) is 11.7 Å². The summed E-state index contributed by atoms with van der Waals surface area (Å²) in [7, 11) is 0. The summed E-state index contributed by atoms with van der Waals surface area (Å²) in [5.74, 6) is 1.48. The molecule has 0 bridgehead atoms. The highest BCUT2D eigenvalue weighted by atomic mass is 16.5. The zero-order valence-corrected chi connectivity index (χ0v) is 16.0. The second-order valence-electron chi connectivity index (χ2n) is 8.58. The Balaban J connectivity index is 1.28. The van der Waals surface area contributed by atoms with Crippen LogP contribution in [0.5, 0.6) is 0 Å². The summed E-state index contributed by atoms with van der Waals surface area (Å²) in [6, 6.07) is 2.22. The molecule has 3 fully saturated rings. The molecule has 0 aromatic carbocycles. The highest BCUT2D eigenvalue weighted by Gasteiger charge is 2.35. The molecular weight excluding hydrogens is 344 g/mol. The molecule has 3 N–H and O–H groups in total. The summed E-state index contributed by atoms with van der Waals surface area (Å²) in [5, 5.41) is 6.98. The molecule has 27 heavy (non-hydrogen) atoms. The van der Waals surface area contributed by atoms with Gasteiger partial charge in [-0.2, -0.15) is 0 Å². The number of piperidine rings is 1. The van der Waals surface area contributed by atoms with E-state index in [2.05, 4.69) is 17.4 Å². The Morgan fingerprint density at radius 2 is 1.93 bits per heavy atom. The van der Waals surface area contributed by atoms with Crippen molar-refractivity contribution in [3.63, 3.8) is 0 Å². The molecule has 2 saturated carbocycles. The van der Waals surface area contributed by atoms with Crippen molar-refractivity contribution in [1.29, 1.82) is 0 Å². The Labute approximate surface area is 160 Å². The number of hydrogen-bond acceptors (Lipinski definition) is 5. The van der Waals surface area contributed by atoms with E-state index in [1.54, 1.807) is 6.07 Å². The van der Waals surface area contributed by atoms with Gasteiger partial charge in [0.25, 0.3) is 5.91 Å². The van der Waals surface area contributed by atoms with Crippen LogP contribution in [-0.2, 0) is 4.79 Å². The first-order chi connectivity index (χ1) is 13.0. The Morgan fingerprint density at radius 1 is 1.19 bits per heavy atom. The monoisotopic (exact) mass is 374 g/mol. The summed E-state index contributed by atoms with van der Waals surface area (Å²) in [5.41, 5.74) is 6.32. The smallest absolute Gasteiger partial charge is 0.273 e. The second-order valence-corrected chi connectivity index (χ2v) is 8.58. The van der Waals surface area contributed by atoms with Crippen LogP contribution in [0.25, 0.3) is 0 Å². The third-order valence-electron chi connectivity index (χ3n) is 6.36. The second kappa shape index (κ2) is 7.62. The average molecular weight is 374 g/mol. The van der Waals surface area contributed by atoms with Gasteiger partial charge in [-0.1, -0.05) is 5.16 Å². The lowest BCUT2D eigenvalue weighted by atomic mass is 9.84. The quantitative estimate of drug-likeness (QED) is 0.841. The van der Waals surface area contributed by atoms with Gasteiger partial charge in [0.1, 0.15) is 5.76 Å². The van der Waals surface area contributed by atoms with Crippen LogP contribution in [0.15, 0.2) is 10.6 Å². The van der Waals surface area contributed by atoms with Crippen LogP contribution in [0.3, 0.4) is 0 Å². The van der Waals surface area contributed by atoms with E-state index in [1.165, 1.54) is 0 Å². The Hall–Kier alpha value is -1.89. The van der Waals surface area contributed by atoms with Gasteiger partial charge in [0.2, 0.25) is 5.91 Å². The molecule has 1 saturated heterocycles. The molecule has 2 amide bonds. The van der Waals surface area contributed by atoms with Crippen molar-refractivity contribution in [1.82, 2.24) is 15.4 Å². The van der Waals surface area contributed by atoms with Crippen molar-refractivity contribution < 1.29 is 14.1 Å². The average Bonchev–Trinajstić information content (AvgIpc) is 3.38. The van der Waals surface area contributed by atoms with Crippen molar-refractivity contribution in [3.8, 4) is 0 Å². The fourth-order valence-corrected chi connectivity index (χ4v) is 4.45. The number of carbonyl (C=O) groups is 2. The van der Waals surface area contributed by atoms with Crippen LogP contribution in [0.1, 0.15) is 80.5 Å². The van der Waals surface area contributed by atoms with Gasteiger partial charge in [0.05, 0.1) is 0 Å². The molecule has 1 aromatic heterocycles. The van der Waals surface area contributed by atoms with Crippen LogP contribution in [0.2, 0.25) is 0 Å². The van der Waals surface area contributed by atoms with Gasteiger partial charge in [-0.25, -0.2) is 0 Å². The zero-order valence-electron chi connectivity index (χ0n) is 16.0. The fraction of sp³-hybridized carbons (Fsp3) is 0.750. The maximum absolute atomic E-state index is 12.9. The van der Waals surface area contributed by atoms with E-state index < -0.39 is 0 Å². The summed E-state index contributed by atoms with van der Waals surface area (Å²) in [6.45, 7) is 2.77. The molecule has 3 aliphatic rings. The Kier molecular flexibility index (Phi) is 5.21. The van der Waals surface area contributed by atoms with E-state index >= 15 is 0 Å². The van der Waals surface area contributed by atoms with Crippen LogP contribution < -0.4 is 11.1 Å². The highest BCUT2D eigenvalue weighted by molar-refractivity contribution is 5.92. The summed E-state index contributed by atoms with van der Waals surface area (Å²) in [4.78, 5) is 27.3. The third kappa shape index (κ3) is 4.18. The van der Waals surface area contributed by atoms with Gasteiger partial charge in [-0.15, -0.1) is 0 Å². The largest absolute Gasteiger partial charge is 0.360 e. The standard InChI is InChI=1S/C20H30N4O3/c1-12-10-16(22-19(25)17-11-18(27-23-17)13-2-3-13)8-9-24(12)20(26)14-4-6-15(21)7-5-14/h11-16H,2-10,21H2,1H3,(H,22,25)/t12-,14?,15?,16?/m1/s1. The molecular formula is C20H30N4O3. The normalized spacial score (nSPS) is 31.6. The van der Waals surface area contributed by atoms with Gasteiger partial charge in [-0.3, -0.25) is 9.59 Å². The van der Waals surface area contributed by atoms with Crippen LogP contribution in [-0.4, -0.2) is 46.5 Å².